The van der Waals surface area contributed by atoms with Crippen LogP contribution >= 0.6 is 12.4 Å². The van der Waals surface area contributed by atoms with Gasteiger partial charge in [0.15, 0.2) is 11.4 Å². The normalized spacial score (nSPS) is 27.0. The van der Waals surface area contributed by atoms with Crippen molar-refractivity contribution in [3.05, 3.63) is 40.3 Å². The van der Waals surface area contributed by atoms with Gasteiger partial charge < -0.3 is 26.0 Å². The number of Topliss-reactive ketones (excluding diaryl/α,β-unsaturated/α-hetero) is 1. The highest BCUT2D eigenvalue weighted by molar-refractivity contribution is 6.22. The molecule has 0 fully saturated rings. The van der Waals surface area contributed by atoms with Crippen molar-refractivity contribution in [1.82, 2.24) is 15.1 Å². The van der Waals surface area contributed by atoms with Gasteiger partial charge in [0, 0.05) is 36.8 Å². The van der Waals surface area contributed by atoms with E-state index < -0.39 is 40.6 Å². The van der Waals surface area contributed by atoms with E-state index in [0.29, 0.717) is 29.7 Å². The number of halogens is 1. The molecule has 1 aromatic heterocycles. The summed E-state index contributed by atoms with van der Waals surface area (Å²) >= 11 is 0. The van der Waals surface area contributed by atoms with Crippen LogP contribution in [0.4, 0.5) is 5.69 Å². The minimum absolute atomic E-state index is 0. The Hall–Kier alpha value is -3.08. The van der Waals surface area contributed by atoms with Crippen molar-refractivity contribution < 1.29 is 24.9 Å². The number of ketones is 1. The maximum absolute atomic E-state index is 13.2. The van der Waals surface area contributed by atoms with Crippen LogP contribution in [0.1, 0.15) is 29.2 Å². The fourth-order valence-corrected chi connectivity index (χ4v) is 6.08. The highest BCUT2D eigenvalue weighted by atomic mass is 35.5. The number of amides is 1. The minimum Gasteiger partial charge on any atom is -0.508 e. The lowest BCUT2D eigenvalue weighted by Gasteiger charge is -2.50. The molecule has 0 radical (unpaired) electrons. The van der Waals surface area contributed by atoms with Crippen LogP contribution in [-0.4, -0.2) is 76.3 Å². The van der Waals surface area contributed by atoms with Gasteiger partial charge in [0.25, 0.3) is 5.91 Å². The monoisotopic (exact) mass is 489 g/mol. The first kappa shape index (κ1) is 24.1. The fourth-order valence-electron chi connectivity index (χ4n) is 6.08. The van der Waals surface area contributed by atoms with Crippen molar-refractivity contribution in [1.29, 1.82) is 0 Å². The summed E-state index contributed by atoms with van der Waals surface area (Å²) < 4.78 is 0. The van der Waals surface area contributed by atoms with E-state index in [1.54, 1.807) is 25.1 Å². The molecule has 0 saturated carbocycles. The summed E-state index contributed by atoms with van der Waals surface area (Å²) in [5.74, 6) is -3.23. The number of aromatic hydroxyl groups is 1. The second-order valence-electron chi connectivity index (χ2n) is 9.58. The molecule has 0 aliphatic heterocycles. The molecule has 3 aliphatic carbocycles. The molecule has 11 heteroatoms. The number of phenolic OH excluding ortho intramolecular Hbond substituents is 1. The Morgan fingerprint density at radius 2 is 1.91 bits per heavy atom. The lowest BCUT2D eigenvalue weighted by molar-refractivity contribution is -0.138. The highest BCUT2D eigenvalue weighted by Crippen LogP contribution is 2.58. The number of carbonyl (C=O) groups excluding carboxylic acids is 2. The molecule has 10 nitrogen and oxygen atoms in total. The van der Waals surface area contributed by atoms with Crippen LogP contribution in [0.3, 0.4) is 0 Å². The number of aliphatic hydroxyl groups is 2. The number of rotatable bonds is 3. The minimum atomic E-state index is -2.05. The number of anilines is 1. The van der Waals surface area contributed by atoms with Gasteiger partial charge in [-0.2, -0.15) is 5.10 Å². The summed E-state index contributed by atoms with van der Waals surface area (Å²) in [7, 11) is 7.23. The van der Waals surface area contributed by atoms with Gasteiger partial charge in [-0.15, -0.1) is 12.4 Å². The molecule has 0 spiro atoms. The van der Waals surface area contributed by atoms with E-state index in [-0.39, 0.29) is 29.8 Å². The van der Waals surface area contributed by atoms with Gasteiger partial charge in [0.05, 0.1) is 17.4 Å². The number of nitrogens with two attached hydrogens (primary N) is 1. The summed E-state index contributed by atoms with van der Waals surface area (Å²) in [5, 5.41) is 41.0. The number of likely N-dealkylation sites (N-methyl/N-ethyl adjacent to an activating group) is 1. The number of aliphatic hydroxyl groups excluding tert-OH is 1. The van der Waals surface area contributed by atoms with Crippen LogP contribution in [0, 0.1) is 5.92 Å². The topological polar surface area (TPSA) is 156 Å². The van der Waals surface area contributed by atoms with Crippen molar-refractivity contribution in [2.24, 2.45) is 11.7 Å². The summed E-state index contributed by atoms with van der Waals surface area (Å²) in [6, 6.07) is 2.60. The van der Waals surface area contributed by atoms with Crippen LogP contribution in [0.5, 0.6) is 5.75 Å². The number of carbonyl (C=O) groups is 2. The van der Waals surface area contributed by atoms with E-state index >= 15 is 0 Å². The predicted octanol–water partition coefficient (Wildman–Crippen LogP) is 0.928. The van der Waals surface area contributed by atoms with Crippen molar-refractivity contribution in [3.8, 4) is 17.0 Å². The molecule has 1 heterocycles. The molecule has 0 bridgehead atoms. The SMILES string of the molecule is CN(C)c1ccc(O)c2c1C[C@H]1C[C@H]3[C@H](N(C)C)C(=O)C(C(N)=O)=C(O)[C@@]3(O)c3[nH]nc-2c31.Cl. The number of benzene rings is 1. The van der Waals surface area contributed by atoms with Crippen molar-refractivity contribution in [2.45, 2.75) is 30.4 Å². The maximum Gasteiger partial charge on any atom is 0.255 e. The number of hydrogen-bond acceptors (Lipinski definition) is 8. The highest BCUT2D eigenvalue weighted by Gasteiger charge is 2.61. The maximum atomic E-state index is 13.2. The Morgan fingerprint density at radius 1 is 1.24 bits per heavy atom. The van der Waals surface area contributed by atoms with E-state index in [1.807, 2.05) is 25.1 Å². The zero-order valence-corrected chi connectivity index (χ0v) is 20.1. The number of H-pyrrole nitrogens is 1. The molecular weight excluding hydrogens is 462 g/mol. The zero-order chi connectivity index (χ0) is 24.0. The average molecular weight is 490 g/mol. The Bertz CT molecular complexity index is 1250. The lowest BCUT2D eigenvalue weighted by Crippen LogP contribution is -2.60. The number of nitrogens with one attached hydrogen (secondary N) is 1. The Kier molecular flexibility index (Phi) is 5.47. The van der Waals surface area contributed by atoms with E-state index in [9.17, 15) is 24.9 Å². The third-order valence-corrected chi connectivity index (χ3v) is 7.40. The smallest absolute Gasteiger partial charge is 0.255 e. The standard InChI is InChI=1S/C23H27N5O5.ClH/c1-27(2)12-5-6-13(29)15-10(12)7-9-8-11-18(28(3)4)19(30)16(22(24)32)21(31)23(11,33)20-14(9)17(15)25-26-20;/h5-6,9,11,18,29,31,33H,7-8H2,1-4H3,(H2,24,32)(H,25,26);1H/t9-,11-,18-,23-;/m0./s1. The first-order valence-electron chi connectivity index (χ1n) is 10.8. The molecule has 1 amide bonds. The van der Waals surface area contributed by atoms with Gasteiger partial charge in [-0.25, -0.2) is 0 Å². The molecular formula is C23H28ClN5O5. The van der Waals surface area contributed by atoms with Gasteiger partial charge in [-0.3, -0.25) is 19.6 Å². The van der Waals surface area contributed by atoms with Crippen LogP contribution in [0.25, 0.3) is 11.3 Å². The fraction of sp³-hybridized carbons (Fsp3) is 0.435. The second kappa shape index (κ2) is 7.72. The summed E-state index contributed by atoms with van der Waals surface area (Å²) in [5.41, 5.74) is 6.66. The Morgan fingerprint density at radius 3 is 2.50 bits per heavy atom. The lowest BCUT2D eigenvalue weighted by atomic mass is 9.59. The molecule has 182 valence electrons. The molecule has 4 atom stereocenters. The summed E-state index contributed by atoms with van der Waals surface area (Å²) in [4.78, 5) is 28.9. The van der Waals surface area contributed by atoms with Gasteiger partial charge in [0.2, 0.25) is 0 Å². The summed E-state index contributed by atoms with van der Waals surface area (Å²) in [6.07, 6.45) is 0.924. The molecule has 34 heavy (non-hydrogen) atoms. The molecule has 1 aromatic carbocycles. The van der Waals surface area contributed by atoms with Gasteiger partial charge in [-0.05, 0) is 50.6 Å². The number of phenols is 1. The summed E-state index contributed by atoms with van der Waals surface area (Å²) in [6.45, 7) is 0. The van der Waals surface area contributed by atoms with E-state index in [4.69, 9.17) is 5.73 Å². The van der Waals surface area contributed by atoms with Crippen molar-refractivity contribution in [2.75, 3.05) is 33.1 Å². The Labute approximate surface area is 202 Å². The number of aromatic nitrogens is 2. The average Bonchev–Trinajstić information content (AvgIpc) is 3.17. The molecule has 5 rings (SSSR count). The number of hydrogen-bond donors (Lipinski definition) is 5. The van der Waals surface area contributed by atoms with Crippen LogP contribution in [0.15, 0.2) is 23.5 Å². The van der Waals surface area contributed by atoms with Crippen LogP contribution in [-0.2, 0) is 21.6 Å². The second-order valence-corrected chi connectivity index (χ2v) is 9.58. The van der Waals surface area contributed by atoms with E-state index in [1.165, 1.54) is 0 Å². The molecule has 0 saturated heterocycles. The zero-order valence-electron chi connectivity index (χ0n) is 19.3. The number of nitrogens with zero attached hydrogens (tertiary/aromatic N) is 3. The molecule has 3 aliphatic rings. The third kappa shape index (κ3) is 2.85. The number of fused-ring (bicyclic) bond motifs is 4. The van der Waals surface area contributed by atoms with E-state index in [2.05, 4.69) is 10.2 Å². The molecule has 0 unspecified atom stereocenters. The third-order valence-electron chi connectivity index (χ3n) is 7.40. The first-order chi connectivity index (χ1) is 15.5. The molecule has 2 aromatic rings. The molecule has 6 N–H and O–H groups in total. The predicted molar refractivity (Wildman–Crippen MR) is 127 cm³/mol. The first-order valence-corrected chi connectivity index (χ1v) is 10.8. The van der Waals surface area contributed by atoms with Crippen LogP contribution < -0.4 is 10.6 Å². The largest absolute Gasteiger partial charge is 0.508 e. The van der Waals surface area contributed by atoms with Gasteiger partial charge in [0.1, 0.15) is 17.1 Å². The van der Waals surface area contributed by atoms with Crippen molar-refractivity contribution in [3.63, 3.8) is 0 Å². The van der Waals surface area contributed by atoms with Gasteiger partial charge >= 0.3 is 0 Å². The van der Waals surface area contributed by atoms with Gasteiger partial charge in [-0.1, -0.05) is 0 Å². The van der Waals surface area contributed by atoms with Crippen molar-refractivity contribution >= 4 is 29.8 Å². The number of aromatic amines is 1. The van der Waals surface area contributed by atoms with Crippen LogP contribution in [0.2, 0.25) is 0 Å². The number of primary amides is 1. The Balaban J connectivity index is 0.00000274. The van der Waals surface area contributed by atoms with E-state index in [0.717, 1.165) is 11.3 Å². The quantitative estimate of drug-likeness (QED) is 0.398.